The molecule has 0 aliphatic carbocycles. The lowest BCUT2D eigenvalue weighted by Gasteiger charge is -2.31. The average molecular weight is 481 g/mol. The van der Waals surface area contributed by atoms with Crippen molar-refractivity contribution in [2.24, 2.45) is 5.92 Å². The number of rotatable bonds is 10. The summed E-state index contributed by atoms with van der Waals surface area (Å²) >= 11 is 13.7. The summed E-state index contributed by atoms with van der Waals surface area (Å²) in [6.45, 7) is 8.89. The van der Waals surface area contributed by atoms with Gasteiger partial charge in [-0.25, -0.2) is 0 Å². The van der Waals surface area contributed by atoms with E-state index in [0.29, 0.717) is 28.9 Å². The van der Waals surface area contributed by atoms with E-state index in [0.717, 1.165) is 10.5 Å². The van der Waals surface area contributed by atoms with Gasteiger partial charge in [-0.3, -0.25) is 9.59 Å². The van der Waals surface area contributed by atoms with E-state index in [2.05, 4.69) is 5.32 Å². The van der Waals surface area contributed by atoms with Gasteiger partial charge in [0.15, 0.2) is 0 Å². The second-order valence-corrected chi connectivity index (χ2v) is 9.80. The zero-order valence-electron chi connectivity index (χ0n) is 18.5. The first-order valence-electron chi connectivity index (χ1n) is 10.4. The number of nitrogens with one attached hydrogen (secondary N) is 1. The highest BCUT2D eigenvalue weighted by atomic mass is 35.5. The fraction of sp³-hybridized carbons (Fsp3) is 0.417. The molecule has 7 heteroatoms. The Morgan fingerprint density at radius 3 is 2.32 bits per heavy atom. The number of aryl methyl sites for hydroxylation is 1. The Morgan fingerprint density at radius 2 is 1.74 bits per heavy atom. The number of amides is 2. The Kier molecular flexibility index (Phi) is 10.2. The maximum absolute atomic E-state index is 13.2. The molecular formula is C24H30Cl2N2O2S. The van der Waals surface area contributed by atoms with Crippen molar-refractivity contribution in [3.05, 3.63) is 63.6 Å². The van der Waals surface area contributed by atoms with Gasteiger partial charge in [-0.15, -0.1) is 11.8 Å². The first kappa shape index (κ1) is 25.6. The molecule has 168 valence electrons. The molecule has 31 heavy (non-hydrogen) atoms. The second kappa shape index (κ2) is 12.4. The maximum atomic E-state index is 13.2. The van der Waals surface area contributed by atoms with E-state index in [9.17, 15) is 9.59 Å². The third-order valence-corrected chi connectivity index (χ3v) is 6.53. The molecule has 2 aromatic rings. The number of hydrogen-bond acceptors (Lipinski definition) is 3. The Morgan fingerprint density at radius 1 is 1.06 bits per heavy atom. The molecular weight excluding hydrogens is 451 g/mol. The minimum atomic E-state index is -0.556. The molecule has 0 aromatic heterocycles. The van der Waals surface area contributed by atoms with Gasteiger partial charge in [0.05, 0.1) is 15.8 Å². The van der Waals surface area contributed by atoms with Crippen molar-refractivity contribution in [3.63, 3.8) is 0 Å². The average Bonchev–Trinajstić information content (AvgIpc) is 2.74. The largest absolute Gasteiger partial charge is 0.354 e. The van der Waals surface area contributed by atoms with Gasteiger partial charge in [-0.1, -0.05) is 67.7 Å². The summed E-state index contributed by atoms with van der Waals surface area (Å²) in [4.78, 5) is 28.8. The monoisotopic (exact) mass is 480 g/mol. The molecule has 4 nitrogen and oxygen atoms in total. The van der Waals surface area contributed by atoms with Gasteiger partial charge in [0.25, 0.3) is 0 Å². The van der Waals surface area contributed by atoms with Crippen molar-refractivity contribution < 1.29 is 9.59 Å². The minimum absolute atomic E-state index is 0.0943. The molecule has 0 radical (unpaired) electrons. The zero-order chi connectivity index (χ0) is 23.0. The molecule has 0 unspecified atom stereocenters. The Hall–Kier alpha value is -1.69. The number of benzene rings is 2. The van der Waals surface area contributed by atoms with Crippen molar-refractivity contribution in [1.29, 1.82) is 0 Å². The molecule has 0 saturated carbocycles. The van der Waals surface area contributed by atoms with Crippen LogP contribution in [0.4, 0.5) is 0 Å². The summed E-state index contributed by atoms with van der Waals surface area (Å²) in [5, 5.41) is 3.85. The molecule has 2 rings (SSSR count). The molecule has 0 saturated heterocycles. The summed E-state index contributed by atoms with van der Waals surface area (Å²) < 4.78 is 0. The fourth-order valence-corrected chi connectivity index (χ4v) is 4.14. The van der Waals surface area contributed by atoms with E-state index in [1.807, 2.05) is 58.0 Å². The van der Waals surface area contributed by atoms with E-state index in [-0.39, 0.29) is 24.1 Å². The van der Waals surface area contributed by atoms with Crippen LogP contribution in [0.2, 0.25) is 10.0 Å². The zero-order valence-corrected chi connectivity index (χ0v) is 20.8. The topological polar surface area (TPSA) is 49.4 Å². The molecule has 0 aliphatic heterocycles. The van der Waals surface area contributed by atoms with Gasteiger partial charge in [-0.05, 0) is 49.1 Å². The highest BCUT2D eigenvalue weighted by molar-refractivity contribution is 8.00. The van der Waals surface area contributed by atoms with Crippen LogP contribution in [-0.2, 0) is 16.1 Å². The normalized spacial score (nSPS) is 12.0. The first-order chi connectivity index (χ1) is 14.7. The lowest BCUT2D eigenvalue weighted by Crippen LogP contribution is -2.50. The van der Waals surface area contributed by atoms with Crippen molar-refractivity contribution in [1.82, 2.24) is 10.2 Å². The van der Waals surface area contributed by atoms with Crippen molar-refractivity contribution in [2.75, 3.05) is 12.3 Å². The van der Waals surface area contributed by atoms with Gasteiger partial charge >= 0.3 is 0 Å². The van der Waals surface area contributed by atoms with Crippen molar-refractivity contribution >= 4 is 46.8 Å². The van der Waals surface area contributed by atoms with Crippen molar-refractivity contribution in [2.45, 2.75) is 51.6 Å². The van der Waals surface area contributed by atoms with E-state index >= 15 is 0 Å². The second-order valence-electron chi connectivity index (χ2n) is 7.93. The molecule has 0 heterocycles. The summed E-state index contributed by atoms with van der Waals surface area (Å²) in [6.07, 6.45) is 0.520. The standard InChI is InChI=1S/C24H30Cl2N2O2S/c1-5-22(24(30)27-13-16(2)3)28(14-18-8-11-20(25)21(26)12-18)23(29)15-31-19-9-6-17(4)7-10-19/h6-12,16,22H,5,13-15H2,1-4H3,(H,27,30)/t22-/m1/s1. The lowest BCUT2D eigenvalue weighted by molar-refractivity contribution is -0.139. The maximum Gasteiger partial charge on any atom is 0.242 e. The third kappa shape index (κ3) is 8.06. The summed E-state index contributed by atoms with van der Waals surface area (Å²) in [7, 11) is 0. The number of halogens is 2. The van der Waals surface area contributed by atoms with Crippen LogP contribution in [0.3, 0.4) is 0 Å². The van der Waals surface area contributed by atoms with E-state index in [4.69, 9.17) is 23.2 Å². The number of carbonyl (C=O) groups is 2. The quantitative estimate of drug-likeness (QED) is 0.425. The van der Waals surface area contributed by atoms with Crippen LogP contribution in [0.5, 0.6) is 0 Å². The van der Waals surface area contributed by atoms with Gasteiger partial charge in [0.2, 0.25) is 11.8 Å². The van der Waals surface area contributed by atoms with Gasteiger partial charge in [0.1, 0.15) is 6.04 Å². The third-order valence-electron chi connectivity index (χ3n) is 4.79. The number of thioether (sulfide) groups is 1. The van der Waals surface area contributed by atoms with Crippen LogP contribution in [0, 0.1) is 12.8 Å². The van der Waals surface area contributed by atoms with E-state index in [1.54, 1.807) is 17.0 Å². The first-order valence-corrected chi connectivity index (χ1v) is 12.2. The lowest BCUT2D eigenvalue weighted by atomic mass is 10.1. The Labute approximate surface area is 199 Å². The molecule has 1 N–H and O–H groups in total. The van der Waals surface area contributed by atoms with Gasteiger partial charge in [0, 0.05) is 18.0 Å². The van der Waals surface area contributed by atoms with E-state index in [1.165, 1.54) is 17.3 Å². The fourth-order valence-electron chi connectivity index (χ4n) is 3.04. The van der Waals surface area contributed by atoms with Crippen LogP contribution in [-0.4, -0.2) is 35.1 Å². The van der Waals surface area contributed by atoms with Crippen molar-refractivity contribution in [3.8, 4) is 0 Å². The highest BCUT2D eigenvalue weighted by Crippen LogP contribution is 2.25. The summed E-state index contributed by atoms with van der Waals surface area (Å²) in [6, 6.07) is 12.8. The van der Waals surface area contributed by atoms with Gasteiger partial charge < -0.3 is 10.2 Å². The number of nitrogens with zero attached hydrogens (tertiary/aromatic N) is 1. The predicted octanol–water partition coefficient (Wildman–Crippen LogP) is 5.97. The molecule has 0 aliphatic rings. The molecule has 2 aromatic carbocycles. The van der Waals surface area contributed by atoms with Crippen LogP contribution in [0.25, 0.3) is 0 Å². The SMILES string of the molecule is CC[C@H](C(=O)NCC(C)C)N(Cc1ccc(Cl)c(Cl)c1)C(=O)CSc1ccc(C)cc1. The minimum Gasteiger partial charge on any atom is -0.354 e. The Balaban J connectivity index is 2.21. The van der Waals surface area contributed by atoms with Crippen LogP contribution in [0.1, 0.15) is 38.3 Å². The molecule has 1 atom stereocenters. The van der Waals surface area contributed by atoms with Crippen LogP contribution in [0.15, 0.2) is 47.4 Å². The highest BCUT2D eigenvalue weighted by Gasteiger charge is 2.28. The molecule has 0 bridgehead atoms. The smallest absolute Gasteiger partial charge is 0.242 e. The van der Waals surface area contributed by atoms with Crippen LogP contribution < -0.4 is 5.32 Å². The number of carbonyl (C=O) groups excluding carboxylic acids is 2. The van der Waals surface area contributed by atoms with E-state index < -0.39 is 6.04 Å². The van der Waals surface area contributed by atoms with Crippen LogP contribution >= 0.6 is 35.0 Å². The predicted molar refractivity (Wildman–Crippen MR) is 131 cm³/mol. The summed E-state index contributed by atoms with van der Waals surface area (Å²) in [5.41, 5.74) is 2.00. The Bertz CT molecular complexity index is 888. The number of hydrogen-bond donors (Lipinski definition) is 1. The molecule has 2 amide bonds. The molecule has 0 spiro atoms. The summed E-state index contributed by atoms with van der Waals surface area (Å²) in [5.74, 6) is 0.351. The van der Waals surface area contributed by atoms with Gasteiger partial charge in [-0.2, -0.15) is 0 Å². The molecule has 0 fully saturated rings.